The van der Waals surface area contributed by atoms with Crippen LogP contribution < -0.4 is 30.7 Å². The van der Waals surface area contributed by atoms with Gasteiger partial charge < -0.3 is 31.1 Å². The number of carboxylic acids is 1. The monoisotopic (exact) mass is 753 g/mol. The minimum Gasteiger partial charge on any atom is -0.483 e. The number of nitrogens with two attached hydrogens (primary N) is 1. The first-order chi connectivity index (χ1) is 24.8. The number of nitrogens with one attached hydrogen (secondary N) is 3. The lowest BCUT2D eigenvalue weighted by atomic mass is 9.87. The number of thioether (sulfide) groups is 1. The maximum atomic E-state index is 14.3. The molecule has 2 atom stereocenters. The van der Waals surface area contributed by atoms with Gasteiger partial charge in [0, 0.05) is 18.3 Å². The first kappa shape index (κ1) is 40.2. The number of unbranched alkanes of at least 4 members (excludes halogenated alkanes) is 2. The third-order valence-corrected chi connectivity index (χ3v) is 11.2. The van der Waals surface area contributed by atoms with Crippen molar-refractivity contribution < 1.29 is 37.4 Å². The smallest absolute Gasteiger partial charge is 0.326 e. The number of hydrogen-bond donors (Lipinski definition) is 5. The van der Waals surface area contributed by atoms with Gasteiger partial charge >= 0.3 is 5.97 Å². The summed E-state index contributed by atoms with van der Waals surface area (Å²) in [5.41, 5.74) is 6.10. The van der Waals surface area contributed by atoms with Gasteiger partial charge in [0.15, 0.2) is 6.61 Å². The molecule has 280 valence electrons. The molecular weight excluding hydrogens is 707 g/mol. The van der Waals surface area contributed by atoms with E-state index in [1.54, 1.807) is 36.4 Å². The van der Waals surface area contributed by atoms with Crippen LogP contribution in [0.5, 0.6) is 5.75 Å². The van der Waals surface area contributed by atoms with E-state index in [0.717, 1.165) is 31.4 Å². The van der Waals surface area contributed by atoms with E-state index in [1.807, 2.05) is 41.5 Å². The lowest BCUT2D eigenvalue weighted by Gasteiger charge is -2.37. The zero-order valence-electron chi connectivity index (χ0n) is 29.6. The summed E-state index contributed by atoms with van der Waals surface area (Å²) in [5.74, 6) is -3.86. The average molecular weight is 754 g/mol. The molecule has 0 fully saturated rings. The first-order valence-electron chi connectivity index (χ1n) is 17.2. The van der Waals surface area contributed by atoms with Crippen LogP contribution in [0.2, 0.25) is 0 Å². The normalized spacial score (nSPS) is 15.7. The molecule has 2 unspecified atom stereocenters. The van der Waals surface area contributed by atoms with E-state index < -0.39 is 64.4 Å². The summed E-state index contributed by atoms with van der Waals surface area (Å²) < 4.78 is 37.6. The summed E-state index contributed by atoms with van der Waals surface area (Å²) in [4.78, 5) is 52.4. The molecule has 52 heavy (non-hydrogen) atoms. The summed E-state index contributed by atoms with van der Waals surface area (Å²) in [5, 5.41) is 14.3. The largest absolute Gasteiger partial charge is 0.483 e. The van der Waals surface area contributed by atoms with Crippen LogP contribution in [0.1, 0.15) is 70.4 Å². The van der Waals surface area contributed by atoms with Crippen molar-refractivity contribution in [3.05, 3.63) is 78.4 Å². The molecule has 0 saturated heterocycles. The van der Waals surface area contributed by atoms with Crippen LogP contribution in [0.25, 0.3) is 0 Å². The Kier molecular flexibility index (Phi) is 14.1. The second-order valence-corrected chi connectivity index (χ2v) is 15.3. The quantitative estimate of drug-likeness (QED) is 0.114. The third kappa shape index (κ3) is 10.3. The topological polar surface area (TPSA) is 197 Å². The van der Waals surface area contributed by atoms with Crippen molar-refractivity contribution in [3.63, 3.8) is 0 Å². The highest BCUT2D eigenvalue weighted by atomic mass is 32.2. The van der Waals surface area contributed by atoms with Gasteiger partial charge in [0.05, 0.1) is 22.5 Å². The van der Waals surface area contributed by atoms with Gasteiger partial charge in [-0.25, -0.2) is 17.9 Å². The number of anilines is 2. The Morgan fingerprint density at radius 1 is 0.981 bits per heavy atom. The summed E-state index contributed by atoms with van der Waals surface area (Å²) in [6.07, 6.45) is 5.99. The summed E-state index contributed by atoms with van der Waals surface area (Å²) in [6, 6.07) is 18.0. The molecule has 6 N–H and O–H groups in total. The van der Waals surface area contributed by atoms with Crippen molar-refractivity contribution in [2.45, 2.75) is 86.2 Å². The number of aliphatic carboxylic acids is 1. The van der Waals surface area contributed by atoms with Crippen molar-refractivity contribution in [1.82, 2.24) is 15.4 Å². The fraction of sp³-hybridized carbons (Fsp3) is 0.405. The van der Waals surface area contributed by atoms with Gasteiger partial charge in [-0.1, -0.05) is 88.1 Å². The number of sulfonamides is 1. The molecular formula is C37H47N5O8S2. The molecule has 3 aromatic rings. The van der Waals surface area contributed by atoms with Gasteiger partial charge in [0.2, 0.25) is 21.8 Å². The summed E-state index contributed by atoms with van der Waals surface area (Å²) in [6.45, 7) is 3.99. The van der Waals surface area contributed by atoms with Crippen LogP contribution in [0.3, 0.4) is 0 Å². The molecule has 0 saturated carbocycles. The molecule has 0 aliphatic carbocycles. The second kappa shape index (κ2) is 18.2. The van der Waals surface area contributed by atoms with E-state index in [4.69, 9.17) is 10.5 Å². The number of nitrogens with zero attached hydrogens (tertiary/aromatic N) is 1. The average Bonchev–Trinajstić information content (AvgIpc) is 3.22. The molecule has 3 aromatic carbocycles. The Hall–Kier alpha value is -4.60. The molecule has 0 spiro atoms. The number of benzene rings is 3. The van der Waals surface area contributed by atoms with Gasteiger partial charge in [0.25, 0.3) is 5.91 Å². The Morgan fingerprint density at radius 3 is 2.15 bits per heavy atom. The summed E-state index contributed by atoms with van der Waals surface area (Å²) >= 11 is 1.33. The number of hydrogen-bond acceptors (Lipinski definition) is 9. The number of carbonyl (C=O) groups excluding carboxylic acids is 3. The SMILES string of the molecule is CCCCC1(CCCC)CN(c2ccccc2)c2cc(SC)c(OCC(=O)NC(C(=O)NC(CC(N)=O)C(=O)O)c3ccccc3)cc2S(=O)(=O)N1. The van der Waals surface area contributed by atoms with E-state index >= 15 is 0 Å². The number of amides is 3. The van der Waals surface area contributed by atoms with E-state index in [-0.39, 0.29) is 10.6 Å². The lowest BCUT2D eigenvalue weighted by Crippen LogP contribution is -2.53. The minimum atomic E-state index is -4.08. The molecule has 0 radical (unpaired) electrons. The Labute approximate surface area is 309 Å². The van der Waals surface area contributed by atoms with Gasteiger partial charge in [-0.3, -0.25) is 14.4 Å². The van der Waals surface area contributed by atoms with Gasteiger partial charge in [0.1, 0.15) is 22.7 Å². The highest BCUT2D eigenvalue weighted by Gasteiger charge is 2.42. The Bertz CT molecular complexity index is 1820. The van der Waals surface area contributed by atoms with Gasteiger partial charge in [-0.2, -0.15) is 0 Å². The molecule has 13 nitrogen and oxygen atoms in total. The van der Waals surface area contributed by atoms with Crippen molar-refractivity contribution in [2.75, 3.05) is 24.3 Å². The molecule has 1 aliphatic heterocycles. The molecule has 3 amide bonds. The van der Waals surface area contributed by atoms with Crippen molar-refractivity contribution in [2.24, 2.45) is 5.73 Å². The van der Waals surface area contributed by atoms with Crippen LogP contribution in [0.4, 0.5) is 11.4 Å². The fourth-order valence-corrected chi connectivity index (χ4v) is 8.39. The number of rotatable bonds is 18. The standard InChI is InChI=1S/C37H47N5O8S2/c1-4-6-18-37(19-7-5-2)24-42(26-16-12-9-13-17-26)28-21-30(51-3)29(22-31(28)52(48,49)41-37)50-23-33(44)40-34(25-14-10-8-11-15-25)35(45)39-27(36(46)47)20-32(38)43/h8-17,21-22,27,34,41H,4-7,18-20,23-24H2,1-3H3,(H2,38,43)(H,39,45)(H,40,44)(H,46,47). The van der Waals surface area contributed by atoms with Crippen LogP contribution in [-0.4, -0.2) is 68.2 Å². The molecule has 1 heterocycles. The van der Waals surface area contributed by atoms with Gasteiger partial charge in [-0.15, -0.1) is 11.8 Å². The second-order valence-electron chi connectivity index (χ2n) is 12.8. The van der Waals surface area contributed by atoms with E-state index in [0.29, 0.717) is 35.5 Å². The predicted octanol–water partition coefficient (Wildman–Crippen LogP) is 4.64. The van der Waals surface area contributed by atoms with Crippen LogP contribution in [0, 0.1) is 0 Å². The number of primary amides is 1. The molecule has 1 aliphatic rings. The van der Waals surface area contributed by atoms with Gasteiger partial charge in [-0.05, 0) is 42.9 Å². The van der Waals surface area contributed by atoms with Crippen LogP contribution in [-0.2, 0) is 29.2 Å². The van der Waals surface area contributed by atoms with Crippen LogP contribution in [0.15, 0.2) is 82.6 Å². The van der Waals surface area contributed by atoms with E-state index in [9.17, 15) is 32.7 Å². The zero-order valence-corrected chi connectivity index (χ0v) is 31.2. The maximum absolute atomic E-state index is 14.3. The minimum absolute atomic E-state index is 0.00939. The number of carboxylic acid groups (broad SMARTS) is 1. The zero-order chi connectivity index (χ0) is 37.9. The number of ether oxygens (including phenoxy) is 1. The number of para-hydroxylation sites is 1. The third-order valence-electron chi connectivity index (χ3n) is 8.80. The van der Waals surface area contributed by atoms with Crippen molar-refractivity contribution >= 4 is 56.9 Å². The summed E-state index contributed by atoms with van der Waals surface area (Å²) in [7, 11) is -4.08. The number of carbonyl (C=O) groups is 4. The van der Waals surface area contributed by atoms with E-state index in [2.05, 4.69) is 29.2 Å². The molecule has 4 rings (SSSR count). The highest BCUT2D eigenvalue weighted by molar-refractivity contribution is 7.98. The maximum Gasteiger partial charge on any atom is 0.326 e. The van der Waals surface area contributed by atoms with E-state index in [1.165, 1.54) is 17.8 Å². The van der Waals surface area contributed by atoms with Crippen molar-refractivity contribution in [3.8, 4) is 5.75 Å². The molecule has 0 aromatic heterocycles. The first-order valence-corrected chi connectivity index (χ1v) is 19.9. The number of fused-ring (bicyclic) bond motifs is 1. The molecule has 15 heteroatoms. The fourth-order valence-electron chi connectivity index (χ4n) is 6.19. The Morgan fingerprint density at radius 2 is 1.60 bits per heavy atom. The highest BCUT2D eigenvalue weighted by Crippen LogP contribution is 2.44. The predicted molar refractivity (Wildman–Crippen MR) is 200 cm³/mol. The molecule has 0 bridgehead atoms. The lowest BCUT2D eigenvalue weighted by molar-refractivity contribution is -0.143. The van der Waals surface area contributed by atoms with Crippen molar-refractivity contribution in [1.29, 1.82) is 0 Å². The van der Waals surface area contributed by atoms with Crippen LogP contribution >= 0.6 is 11.8 Å². The Balaban J connectivity index is 1.67.